The van der Waals surface area contributed by atoms with Crippen molar-refractivity contribution in [3.05, 3.63) is 34.9 Å². The lowest BCUT2D eigenvalue weighted by atomic mass is 9.98. The molecule has 1 saturated heterocycles. The summed E-state index contributed by atoms with van der Waals surface area (Å²) in [6.07, 6.45) is 0. The molecule has 106 valence electrons. The van der Waals surface area contributed by atoms with Crippen molar-refractivity contribution in [2.24, 2.45) is 5.73 Å². The van der Waals surface area contributed by atoms with Crippen molar-refractivity contribution in [1.29, 1.82) is 0 Å². The van der Waals surface area contributed by atoms with Crippen LogP contribution in [-0.2, 0) is 0 Å². The lowest BCUT2D eigenvalue weighted by molar-refractivity contribution is 0.174. The molecule has 0 radical (unpaired) electrons. The van der Waals surface area contributed by atoms with Gasteiger partial charge in [0.25, 0.3) is 0 Å². The van der Waals surface area contributed by atoms with Gasteiger partial charge in [-0.1, -0.05) is 43.6 Å². The van der Waals surface area contributed by atoms with E-state index in [2.05, 4.69) is 43.5 Å². The van der Waals surface area contributed by atoms with Gasteiger partial charge < -0.3 is 5.73 Å². The average Bonchev–Trinajstić information content (AvgIpc) is 2.30. The summed E-state index contributed by atoms with van der Waals surface area (Å²) in [4.78, 5) is 2.50. The highest BCUT2D eigenvalue weighted by Crippen LogP contribution is 2.34. The molecule has 0 spiro atoms. The molecule has 0 aliphatic carbocycles. The van der Waals surface area contributed by atoms with E-state index < -0.39 is 0 Å². The Morgan fingerprint density at radius 3 is 2.37 bits per heavy atom. The van der Waals surface area contributed by atoms with Crippen LogP contribution < -0.4 is 5.73 Å². The minimum atomic E-state index is 0.0717. The fourth-order valence-electron chi connectivity index (χ4n) is 2.97. The van der Waals surface area contributed by atoms with E-state index >= 15 is 0 Å². The third kappa shape index (κ3) is 3.66. The number of hydrogen-bond acceptors (Lipinski definition) is 3. The lowest BCUT2D eigenvalue weighted by Crippen LogP contribution is -2.47. The third-order valence-electron chi connectivity index (χ3n) is 3.56. The van der Waals surface area contributed by atoms with E-state index in [1.54, 1.807) is 0 Å². The van der Waals surface area contributed by atoms with Crippen molar-refractivity contribution in [3.8, 4) is 0 Å². The number of thioether (sulfide) groups is 1. The van der Waals surface area contributed by atoms with Gasteiger partial charge in [-0.2, -0.15) is 11.8 Å². The third-order valence-corrected chi connectivity index (χ3v) is 5.13. The van der Waals surface area contributed by atoms with Crippen LogP contribution in [-0.4, -0.2) is 34.5 Å². The van der Waals surface area contributed by atoms with Crippen LogP contribution in [0.1, 0.15) is 32.4 Å². The number of rotatable bonds is 3. The molecule has 1 aromatic rings. The number of hydrogen-bond donors (Lipinski definition) is 1. The number of halogens is 1. The predicted octanol–water partition coefficient (Wildman–Crippen LogP) is 3.55. The molecule has 2 N–H and O–H groups in total. The number of nitrogens with zero attached hydrogens (tertiary/aromatic N) is 1. The largest absolute Gasteiger partial charge is 0.326 e. The zero-order valence-corrected chi connectivity index (χ0v) is 13.4. The average molecular weight is 299 g/mol. The van der Waals surface area contributed by atoms with E-state index in [0.717, 1.165) is 23.7 Å². The van der Waals surface area contributed by atoms with Crippen molar-refractivity contribution in [1.82, 2.24) is 4.90 Å². The first-order valence-corrected chi connectivity index (χ1v) is 8.20. The van der Waals surface area contributed by atoms with Crippen LogP contribution in [0.5, 0.6) is 0 Å². The highest BCUT2D eigenvalue weighted by molar-refractivity contribution is 8.00. The van der Waals surface area contributed by atoms with Gasteiger partial charge >= 0.3 is 0 Å². The molecule has 4 heteroatoms. The van der Waals surface area contributed by atoms with Crippen molar-refractivity contribution >= 4 is 23.4 Å². The van der Waals surface area contributed by atoms with E-state index in [9.17, 15) is 0 Å². The van der Waals surface area contributed by atoms with Gasteiger partial charge in [0, 0.05) is 34.7 Å². The van der Waals surface area contributed by atoms with Crippen molar-refractivity contribution < 1.29 is 0 Å². The van der Waals surface area contributed by atoms with E-state index in [1.165, 1.54) is 0 Å². The summed E-state index contributed by atoms with van der Waals surface area (Å²) in [5, 5.41) is 2.11. The van der Waals surface area contributed by atoms with Gasteiger partial charge in [0.05, 0.1) is 6.04 Å². The van der Waals surface area contributed by atoms with Gasteiger partial charge in [0.15, 0.2) is 0 Å². The molecule has 4 unspecified atom stereocenters. The molecule has 4 atom stereocenters. The summed E-state index contributed by atoms with van der Waals surface area (Å²) in [6.45, 7) is 8.81. The minimum Gasteiger partial charge on any atom is -0.326 e. The van der Waals surface area contributed by atoms with Gasteiger partial charge in [0.2, 0.25) is 0 Å². The monoisotopic (exact) mass is 298 g/mol. The van der Waals surface area contributed by atoms with Gasteiger partial charge in [-0.25, -0.2) is 0 Å². The molecule has 0 aromatic heterocycles. The summed E-state index contributed by atoms with van der Waals surface area (Å²) < 4.78 is 0. The Kier molecular flexibility index (Phi) is 5.18. The first kappa shape index (κ1) is 15.2. The molecule has 1 fully saturated rings. The smallest absolute Gasteiger partial charge is 0.0512 e. The number of benzene rings is 1. The zero-order chi connectivity index (χ0) is 14.0. The Morgan fingerprint density at radius 2 is 1.84 bits per heavy atom. The normalized spacial score (nSPS) is 28.1. The van der Waals surface area contributed by atoms with Crippen LogP contribution in [0.2, 0.25) is 5.02 Å². The Morgan fingerprint density at radius 1 is 1.26 bits per heavy atom. The van der Waals surface area contributed by atoms with Crippen molar-refractivity contribution in [3.63, 3.8) is 0 Å². The first-order valence-electron chi connectivity index (χ1n) is 6.88. The van der Waals surface area contributed by atoms with Crippen LogP contribution in [0.3, 0.4) is 0 Å². The second-order valence-electron chi connectivity index (χ2n) is 5.54. The molecule has 2 nitrogen and oxygen atoms in total. The van der Waals surface area contributed by atoms with Crippen LogP contribution in [0.4, 0.5) is 0 Å². The van der Waals surface area contributed by atoms with Gasteiger partial charge in [-0.15, -0.1) is 0 Å². The molecule has 0 bridgehead atoms. The first-order chi connectivity index (χ1) is 8.99. The molecular formula is C15H23ClN2S. The highest BCUT2D eigenvalue weighted by atomic mass is 35.5. The Labute approximate surface area is 125 Å². The maximum Gasteiger partial charge on any atom is 0.0512 e. The molecule has 1 aliphatic heterocycles. The molecule has 2 rings (SSSR count). The number of nitrogens with two attached hydrogens (primary N) is 1. The maximum absolute atomic E-state index is 6.37. The van der Waals surface area contributed by atoms with Gasteiger partial charge in [0.1, 0.15) is 0 Å². The summed E-state index contributed by atoms with van der Waals surface area (Å²) >= 11 is 8.43. The fourth-order valence-corrected chi connectivity index (χ4v) is 4.57. The molecule has 1 aromatic carbocycles. The summed E-state index contributed by atoms with van der Waals surface area (Å²) in [7, 11) is 0. The standard InChI is InChI=1S/C15H23ClN2S/c1-10-8-18(9-11(2)19-10)15(12(3)17)13-6-4-5-7-14(13)16/h4-7,10-12,15H,8-9,17H2,1-3H3. The van der Waals surface area contributed by atoms with Crippen molar-refractivity contribution in [2.45, 2.75) is 43.4 Å². The van der Waals surface area contributed by atoms with E-state index in [1.807, 2.05) is 18.2 Å². The van der Waals surface area contributed by atoms with Crippen molar-refractivity contribution in [2.75, 3.05) is 13.1 Å². The Bertz CT molecular complexity index is 414. The predicted molar refractivity (Wildman–Crippen MR) is 85.9 cm³/mol. The van der Waals surface area contributed by atoms with Crippen LogP contribution in [0.15, 0.2) is 24.3 Å². The highest BCUT2D eigenvalue weighted by Gasteiger charge is 2.31. The second kappa shape index (κ2) is 6.49. The molecule has 1 heterocycles. The minimum absolute atomic E-state index is 0.0717. The lowest BCUT2D eigenvalue weighted by Gasteiger charge is -2.41. The van der Waals surface area contributed by atoms with Gasteiger partial charge in [-0.3, -0.25) is 4.90 Å². The Hall–Kier alpha value is -0.220. The topological polar surface area (TPSA) is 29.3 Å². The van der Waals surface area contributed by atoms with Crippen LogP contribution in [0, 0.1) is 0 Å². The van der Waals surface area contributed by atoms with Crippen LogP contribution in [0.25, 0.3) is 0 Å². The summed E-state index contributed by atoms with van der Waals surface area (Å²) in [5.41, 5.74) is 7.41. The molecular weight excluding hydrogens is 276 g/mol. The van der Waals surface area contributed by atoms with E-state index in [-0.39, 0.29) is 12.1 Å². The quantitative estimate of drug-likeness (QED) is 0.925. The SMILES string of the molecule is CC1CN(C(c2ccccc2Cl)C(C)N)CC(C)S1. The van der Waals surface area contributed by atoms with E-state index in [0.29, 0.717) is 10.5 Å². The molecule has 0 amide bonds. The summed E-state index contributed by atoms with van der Waals surface area (Å²) in [5.74, 6) is 0. The fraction of sp³-hybridized carbons (Fsp3) is 0.600. The Balaban J connectivity index is 2.28. The van der Waals surface area contributed by atoms with Crippen LogP contribution >= 0.6 is 23.4 Å². The zero-order valence-electron chi connectivity index (χ0n) is 11.8. The molecule has 19 heavy (non-hydrogen) atoms. The van der Waals surface area contributed by atoms with E-state index in [4.69, 9.17) is 17.3 Å². The molecule has 1 aliphatic rings. The molecule has 0 saturated carbocycles. The summed E-state index contributed by atoms with van der Waals surface area (Å²) in [6, 6.07) is 8.36. The maximum atomic E-state index is 6.37. The van der Waals surface area contributed by atoms with Gasteiger partial charge in [-0.05, 0) is 18.6 Å². The second-order valence-corrected chi connectivity index (χ2v) is 7.83.